The van der Waals surface area contributed by atoms with Gasteiger partial charge in [0, 0.05) is 5.92 Å². The second kappa shape index (κ2) is 23.9. The first-order chi connectivity index (χ1) is 24.5. The molecular weight excluding hydrogens is 658 g/mol. The van der Waals surface area contributed by atoms with E-state index in [9.17, 15) is 35.0 Å². The Morgan fingerprint density at radius 3 is 1.78 bits per heavy atom. The second-order valence-corrected chi connectivity index (χ2v) is 16.6. The van der Waals surface area contributed by atoms with Gasteiger partial charge in [-0.1, -0.05) is 129 Å². The zero-order valence-corrected chi connectivity index (χ0v) is 31.8. The molecule has 0 aromatic heterocycles. The molecule has 1 heterocycles. The van der Waals surface area contributed by atoms with Gasteiger partial charge in [0.1, 0.15) is 30.1 Å². The quantitative estimate of drug-likeness (QED) is 0.0396. The zero-order chi connectivity index (χ0) is 37.1. The van der Waals surface area contributed by atoms with Crippen LogP contribution in [-0.4, -0.2) is 92.4 Å². The fourth-order valence-corrected chi connectivity index (χ4v) is 8.60. The van der Waals surface area contributed by atoms with Crippen LogP contribution in [0.15, 0.2) is 11.9 Å². The topological polar surface area (TPSA) is 140 Å². The third-order valence-electron chi connectivity index (χ3n) is 11.8. The van der Waals surface area contributed by atoms with E-state index in [2.05, 4.69) is 6.92 Å². The Morgan fingerprint density at radius 2 is 1.25 bits per heavy atom. The largest absolute Gasteiger partial charge is 0.394 e. The number of hydrogen-bond acceptors (Lipinski definition) is 8. The smallest absolute Gasteiger partial charge is 0.186 e. The molecule has 0 aromatic carbocycles. The van der Waals surface area contributed by atoms with Crippen LogP contribution < -0.4 is 0 Å². The van der Waals surface area contributed by atoms with Gasteiger partial charge in [0.2, 0.25) is 0 Å². The molecule has 6 N–H and O–H groups in total. The number of hydrogen-bond donors (Lipinski definition) is 6. The van der Waals surface area contributed by atoms with Crippen molar-refractivity contribution in [3.8, 4) is 0 Å². The SMILES string of the molecule is CCCCCCCCCCCCCC[C@@H](O)[C@@H](O)[C@@H](/C=C(/F)CCCCCCCCCCC12CC(F)(C1)C2)COC1OC(CO)C(O)C(O)C1O. The van der Waals surface area contributed by atoms with Crippen molar-refractivity contribution in [3.05, 3.63) is 11.9 Å². The van der Waals surface area contributed by atoms with E-state index in [0.717, 1.165) is 70.6 Å². The number of aliphatic hydroxyl groups is 6. The van der Waals surface area contributed by atoms with E-state index in [1.807, 2.05) is 0 Å². The van der Waals surface area contributed by atoms with Crippen molar-refractivity contribution in [2.75, 3.05) is 13.2 Å². The van der Waals surface area contributed by atoms with Crippen molar-refractivity contribution in [1.29, 1.82) is 0 Å². The first-order valence-electron chi connectivity index (χ1n) is 20.9. The lowest BCUT2D eigenvalue weighted by Gasteiger charge is -2.66. The van der Waals surface area contributed by atoms with Crippen LogP contribution in [0.5, 0.6) is 0 Å². The van der Waals surface area contributed by atoms with Crippen molar-refractivity contribution in [2.24, 2.45) is 11.3 Å². The average Bonchev–Trinajstić information content (AvgIpc) is 3.09. The standard InChI is InChI=1S/C41H74F2O8/c1-2-3-4-5-6-7-8-9-10-14-17-20-23-33(45)35(46)31(27-50-39-38(49)37(48)36(47)34(26-44)51-39)25-32(42)22-19-16-13-11-12-15-18-21-24-40-28-41(43,29-40)30-40/h25,31,33-39,44-49H,2-24,26-30H2,1H3/b32-25+/t31-,33+,34?,35-,36?,37?,38?,39?,40?,41?/m0/s1. The van der Waals surface area contributed by atoms with Gasteiger partial charge in [0.15, 0.2) is 6.29 Å². The van der Waals surface area contributed by atoms with Gasteiger partial charge in [-0.25, -0.2) is 8.78 Å². The molecule has 0 radical (unpaired) electrons. The average molecular weight is 733 g/mol. The zero-order valence-electron chi connectivity index (χ0n) is 31.8. The molecule has 10 heteroatoms. The summed E-state index contributed by atoms with van der Waals surface area (Å²) in [6, 6.07) is 0. The van der Waals surface area contributed by atoms with Crippen LogP contribution in [0.1, 0.15) is 174 Å². The van der Waals surface area contributed by atoms with E-state index in [-0.39, 0.29) is 13.0 Å². The molecule has 4 rings (SSSR count). The lowest BCUT2D eigenvalue weighted by atomic mass is 9.41. The first kappa shape index (κ1) is 44.7. The highest BCUT2D eigenvalue weighted by atomic mass is 19.1. The number of allylic oxidation sites excluding steroid dienone is 1. The molecule has 5 unspecified atom stereocenters. The maximum atomic E-state index is 15.2. The van der Waals surface area contributed by atoms with Gasteiger partial charge < -0.3 is 40.1 Å². The summed E-state index contributed by atoms with van der Waals surface area (Å²) in [5.74, 6) is -1.34. The molecule has 0 aromatic rings. The lowest BCUT2D eigenvalue weighted by molar-refractivity contribution is -0.303. The second-order valence-electron chi connectivity index (χ2n) is 16.6. The highest BCUT2D eigenvalue weighted by molar-refractivity contribution is 5.18. The Kier molecular flexibility index (Phi) is 21.0. The molecular formula is C41H74F2O8. The molecule has 2 bridgehead atoms. The van der Waals surface area contributed by atoms with Crippen LogP contribution in [-0.2, 0) is 9.47 Å². The van der Waals surface area contributed by atoms with Gasteiger partial charge >= 0.3 is 0 Å². The molecule has 300 valence electrons. The molecule has 4 fully saturated rings. The molecule has 51 heavy (non-hydrogen) atoms. The predicted octanol–water partition coefficient (Wildman–Crippen LogP) is 7.88. The van der Waals surface area contributed by atoms with Crippen molar-refractivity contribution in [3.63, 3.8) is 0 Å². The lowest BCUT2D eigenvalue weighted by Crippen LogP contribution is -2.64. The van der Waals surface area contributed by atoms with Crippen molar-refractivity contribution >= 4 is 0 Å². The number of alkyl halides is 1. The highest BCUT2D eigenvalue weighted by Gasteiger charge is 2.68. The summed E-state index contributed by atoms with van der Waals surface area (Å²) in [6.45, 7) is 1.32. The third kappa shape index (κ3) is 15.5. The van der Waals surface area contributed by atoms with Gasteiger partial charge in [-0.3, -0.25) is 0 Å². The van der Waals surface area contributed by atoms with Crippen molar-refractivity contribution < 1.29 is 48.9 Å². The van der Waals surface area contributed by atoms with E-state index in [4.69, 9.17) is 9.47 Å². The molecule has 8 atom stereocenters. The minimum Gasteiger partial charge on any atom is -0.394 e. The molecule has 0 spiro atoms. The molecule has 0 amide bonds. The number of rotatable bonds is 31. The summed E-state index contributed by atoms with van der Waals surface area (Å²) in [6.07, 6.45) is 18.3. The molecule has 3 saturated carbocycles. The van der Waals surface area contributed by atoms with E-state index in [1.165, 1.54) is 83.1 Å². The number of aliphatic hydroxyl groups excluding tert-OH is 6. The van der Waals surface area contributed by atoms with Gasteiger partial charge in [-0.05, 0) is 56.4 Å². The highest BCUT2D eigenvalue weighted by Crippen LogP contribution is 2.71. The van der Waals surface area contributed by atoms with Crippen molar-refractivity contribution in [1.82, 2.24) is 0 Å². The predicted molar refractivity (Wildman–Crippen MR) is 196 cm³/mol. The van der Waals surface area contributed by atoms with Crippen LogP contribution in [0.3, 0.4) is 0 Å². The number of halogens is 2. The monoisotopic (exact) mass is 733 g/mol. The van der Waals surface area contributed by atoms with Gasteiger partial charge in [0.25, 0.3) is 0 Å². The fourth-order valence-electron chi connectivity index (χ4n) is 8.60. The molecule has 8 nitrogen and oxygen atoms in total. The van der Waals surface area contributed by atoms with E-state index in [0.29, 0.717) is 18.3 Å². The Labute approximate surface area is 307 Å². The summed E-state index contributed by atoms with van der Waals surface area (Å²) >= 11 is 0. The Morgan fingerprint density at radius 1 is 0.745 bits per heavy atom. The third-order valence-corrected chi connectivity index (χ3v) is 11.8. The Hall–Kier alpha value is -0.720. The summed E-state index contributed by atoms with van der Waals surface area (Å²) < 4.78 is 40.0. The summed E-state index contributed by atoms with van der Waals surface area (Å²) in [5.41, 5.74) is -0.456. The van der Waals surface area contributed by atoms with Crippen molar-refractivity contribution in [2.45, 2.75) is 222 Å². The van der Waals surface area contributed by atoms with E-state index < -0.39 is 66.9 Å². The minimum atomic E-state index is -1.61. The van der Waals surface area contributed by atoms with Crippen LogP contribution in [0.2, 0.25) is 0 Å². The molecule has 4 aliphatic rings. The van der Waals surface area contributed by atoms with Gasteiger partial charge in [-0.15, -0.1) is 0 Å². The van der Waals surface area contributed by atoms with Crippen LogP contribution in [0, 0.1) is 11.3 Å². The summed E-state index contributed by atoms with van der Waals surface area (Å²) in [4.78, 5) is 0. The van der Waals surface area contributed by atoms with Crippen LogP contribution in [0.4, 0.5) is 8.78 Å². The molecule has 3 aliphatic carbocycles. The number of unbranched alkanes of at least 4 members (excludes halogenated alkanes) is 18. The minimum absolute atomic E-state index is 0.205. The summed E-state index contributed by atoms with van der Waals surface area (Å²) in [7, 11) is 0. The summed E-state index contributed by atoms with van der Waals surface area (Å²) in [5, 5.41) is 62.1. The van der Waals surface area contributed by atoms with Crippen LogP contribution in [0.25, 0.3) is 0 Å². The molecule has 1 saturated heterocycles. The Balaban J connectivity index is 1.35. The van der Waals surface area contributed by atoms with Gasteiger partial charge in [-0.2, -0.15) is 0 Å². The molecule has 1 aliphatic heterocycles. The normalized spacial score (nSPS) is 30.8. The number of ether oxygens (including phenoxy) is 2. The maximum Gasteiger partial charge on any atom is 0.186 e. The van der Waals surface area contributed by atoms with E-state index >= 15 is 4.39 Å². The van der Waals surface area contributed by atoms with E-state index in [1.54, 1.807) is 0 Å². The maximum absolute atomic E-state index is 15.2. The first-order valence-corrected chi connectivity index (χ1v) is 20.9. The van der Waals surface area contributed by atoms with Gasteiger partial charge in [0.05, 0.1) is 31.2 Å². The van der Waals surface area contributed by atoms with Crippen LogP contribution >= 0.6 is 0 Å². The fraction of sp³-hybridized carbons (Fsp3) is 0.951. The Bertz CT molecular complexity index is 931.